The SMILES string of the molecule is CC(C)(C)OC(=O)N1CC2(CC2)CC1C(=O)OCc1ccccc1. The molecule has 1 heterocycles. The van der Waals surface area contributed by atoms with Crippen molar-refractivity contribution in [1.29, 1.82) is 0 Å². The summed E-state index contributed by atoms with van der Waals surface area (Å²) in [6, 6.07) is 9.02. The minimum atomic E-state index is -0.575. The number of ether oxygens (including phenoxy) is 2. The summed E-state index contributed by atoms with van der Waals surface area (Å²) in [6.07, 6.45) is 2.39. The van der Waals surface area contributed by atoms with Gasteiger partial charge in [0.15, 0.2) is 0 Å². The fourth-order valence-corrected chi connectivity index (χ4v) is 3.14. The Labute approximate surface area is 142 Å². The predicted molar refractivity (Wildman–Crippen MR) is 89.3 cm³/mol. The Balaban J connectivity index is 1.65. The fraction of sp³-hybridized carbons (Fsp3) is 0.579. The molecule has 5 heteroatoms. The van der Waals surface area contributed by atoms with Gasteiger partial charge in [-0.1, -0.05) is 30.3 Å². The Morgan fingerprint density at radius 2 is 1.88 bits per heavy atom. The van der Waals surface area contributed by atoms with Crippen molar-refractivity contribution < 1.29 is 19.1 Å². The lowest BCUT2D eigenvalue weighted by molar-refractivity contribution is -0.150. The molecular formula is C19H25NO4. The second-order valence-electron chi connectivity index (χ2n) is 7.92. The highest BCUT2D eigenvalue weighted by Crippen LogP contribution is 2.55. The van der Waals surface area contributed by atoms with E-state index in [1.54, 1.807) is 4.90 Å². The topological polar surface area (TPSA) is 55.8 Å². The number of esters is 1. The smallest absolute Gasteiger partial charge is 0.411 e. The number of benzene rings is 1. The van der Waals surface area contributed by atoms with Gasteiger partial charge in [-0.3, -0.25) is 4.90 Å². The molecule has 1 amide bonds. The van der Waals surface area contributed by atoms with Crippen LogP contribution in [0.5, 0.6) is 0 Å². The number of likely N-dealkylation sites (tertiary alicyclic amines) is 1. The van der Waals surface area contributed by atoms with Crippen LogP contribution in [-0.2, 0) is 20.9 Å². The van der Waals surface area contributed by atoms with Gasteiger partial charge in [-0.25, -0.2) is 9.59 Å². The number of amides is 1. The molecule has 1 saturated heterocycles. The highest BCUT2D eigenvalue weighted by molar-refractivity contribution is 5.82. The lowest BCUT2D eigenvalue weighted by atomic mass is 10.0. The van der Waals surface area contributed by atoms with E-state index >= 15 is 0 Å². The van der Waals surface area contributed by atoms with Crippen molar-refractivity contribution in [3.8, 4) is 0 Å². The van der Waals surface area contributed by atoms with Gasteiger partial charge in [0.1, 0.15) is 18.2 Å². The summed E-state index contributed by atoms with van der Waals surface area (Å²) < 4.78 is 10.9. The van der Waals surface area contributed by atoms with E-state index in [4.69, 9.17) is 9.47 Å². The molecule has 5 nitrogen and oxygen atoms in total. The average molecular weight is 331 g/mol. The zero-order valence-electron chi connectivity index (χ0n) is 14.6. The van der Waals surface area contributed by atoms with Gasteiger partial charge in [0.2, 0.25) is 0 Å². The number of nitrogens with zero attached hydrogens (tertiary/aromatic N) is 1. The van der Waals surface area contributed by atoms with Gasteiger partial charge in [0.25, 0.3) is 0 Å². The fourth-order valence-electron chi connectivity index (χ4n) is 3.14. The maximum Gasteiger partial charge on any atom is 0.411 e. The molecule has 2 aliphatic rings. The molecule has 1 saturated carbocycles. The van der Waals surface area contributed by atoms with Crippen molar-refractivity contribution in [2.24, 2.45) is 5.41 Å². The van der Waals surface area contributed by atoms with Crippen LogP contribution in [0.15, 0.2) is 30.3 Å². The van der Waals surface area contributed by atoms with E-state index in [0.717, 1.165) is 18.4 Å². The van der Waals surface area contributed by atoms with Crippen molar-refractivity contribution in [3.05, 3.63) is 35.9 Å². The van der Waals surface area contributed by atoms with Crippen molar-refractivity contribution in [1.82, 2.24) is 4.90 Å². The molecule has 1 aromatic carbocycles. The summed E-state index contributed by atoms with van der Waals surface area (Å²) in [6.45, 7) is 6.31. The lowest BCUT2D eigenvalue weighted by Gasteiger charge is -2.27. The summed E-state index contributed by atoms with van der Waals surface area (Å²) in [5.74, 6) is -0.339. The molecule has 130 valence electrons. The summed E-state index contributed by atoms with van der Waals surface area (Å²) in [5.41, 5.74) is 0.469. The van der Waals surface area contributed by atoms with Crippen molar-refractivity contribution in [3.63, 3.8) is 0 Å². The first-order valence-corrected chi connectivity index (χ1v) is 8.48. The van der Waals surface area contributed by atoms with Gasteiger partial charge < -0.3 is 9.47 Å². The quantitative estimate of drug-likeness (QED) is 0.795. The van der Waals surface area contributed by atoms with Crippen molar-refractivity contribution in [2.75, 3.05) is 6.54 Å². The minimum absolute atomic E-state index is 0.105. The number of rotatable bonds is 3. The molecule has 1 aromatic rings. The van der Waals surface area contributed by atoms with Gasteiger partial charge in [-0.05, 0) is 51.0 Å². The molecular weight excluding hydrogens is 306 g/mol. The summed E-state index contributed by atoms with van der Waals surface area (Å²) in [7, 11) is 0. The zero-order chi connectivity index (χ0) is 17.4. The van der Waals surface area contributed by atoms with Gasteiger partial charge >= 0.3 is 12.1 Å². The average Bonchev–Trinajstić information content (AvgIpc) is 3.14. The Morgan fingerprint density at radius 1 is 1.21 bits per heavy atom. The van der Waals surface area contributed by atoms with Crippen LogP contribution in [0.25, 0.3) is 0 Å². The molecule has 0 radical (unpaired) electrons. The van der Waals surface area contributed by atoms with Crippen LogP contribution in [0.4, 0.5) is 4.79 Å². The first-order valence-electron chi connectivity index (χ1n) is 8.48. The van der Waals surface area contributed by atoms with Crippen molar-refractivity contribution >= 4 is 12.1 Å². The molecule has 3 rings (SSSR count). The monoisotopic (exact) mass is 331 g/mol. The molecule has 0 N–H and O–H groups in total. The van der Waals surface area contributed by atoms with E-state index in [0.29, 0.717) is 13.0 Å². The molecule has 1 spiro atoms. The first-order chi connectivity index (χ1) is 11.3. The Kier molecular flexibility index (Phi) is 4.28. The van der Waals surface area contributed by atoms with Crippen LogP contribution in [0.2, 0.25) is 0 Å². The maximum absolute atomic E-state index is 12.5. The predicted octanol–water partition coefficient (Wildman–Crippen LogP) is 3.52. The number of hydrogen-bond acceptors (Lipinski definition) is 4. The van der Waals surface area contributed by atoms with Crippen molar-refractivity contribution in [2.45, 2.75) is 58.3 Å². The molecule has 1 atom stereocenters. The second kappa shape index (κ2) is 6.11. The van der Waals surface area contributed by atoms with E-state index in [1.807, 2.05) is 51.1 Å². The normalized spacial score (nSPS) is 21.6. The molecule has 0 bridgehead atoms. The molecule has 2 fully saturated rings. The van der Waals surface area contributed by atoms with Crippen LogP contribution in [0.1, 0.15) is 45.6 Å². The molecule has 1 unspecified atom stereocenters. The molecule has 0 aromatic heterocycles. The van der Waals surface area contributed by atoms with E-state index in [-0.39, 0.29) is 18.0 Å². The maximum atomic E-state index is 12.5. The van der Waals surface area contributed by atoms with E-state index < -0.39 is 17.7 Å². The second-order valence-corrected chi connectivity index (χ2v) is 7.92. The highest BCUT2D eigenvalue weighted by atomic mass is 16.6. The van der Waals surface area contributed by atoms with Gasteiger partial charge in [0.05, 0.1) is 0 Å². The van der Waals surface area contributed by atoms with E-state index in [9.17, 15) is 9.59 Å². The molecule has 1 aliphatic heterocycles. The zero-order valence-corrected chi connectivity index (χ0v) is 14.6. The number of carbonyl (C=O) groups excluding carboxylic acids is 2. The third-order valence-electron chi connectivity index (χ3n) is 4.59. The van der Waals surface area contributed by atoms with Crippen LogP contribution < -0.4 is 0 Å². The number of hydrogen-bond donors (Lipinski definition) is 0. The van der Waals surface area contributed by atoms with E-state index in [2.05, 4.69) is 0 Å². The van der Waals surface area contributed by atoms with E-state index in [1.165, 1.54) is 0 Å². The Morgan fingerprint density at radius 3 is 2.46 bits per heavy atom. The molecule has 1 aliphatic carbocycles. The van der Waals surface area contributed by atoms with Crippen LogP contribution in [0, 0.1) is 5.41 Å². The van der Waals surface area contributed by atoms with Gasteiger partial charge in [0, 0.05) is 6.54 Å². The molecule has 24 heavy (non-hydrogen) atoms. The van der Waals surface area contributed by atoms with Gasteiger partial charge in [-0.2, -0.15) is 0 Å². The Bertz CT molecular complexity index is 616. The third-order valence-corrected chi connectivity index (χ3v) is 4.59. The van der Waals surface area contributed by atoms with Crippen LogP contribution >= 0.6 is 0 Å². The lowest BCUT2D eigenvalue weighted by Crippen LogP contribution is -2.44. The standard InChI is InChI=1S/C19H25NO4/c1-18(2,3)24-17(22)20-13-19(9-10-19)11-15(20)16(21)23-12-14-7-5-4-6-8-14/h4-8,15H,9-13H2,1-3H3. The Hall–Kier alpha value is -2.04. The third kappa shape index (κ3) is 3.89. The summed E-state index contributed by atoms with van der Waals surface area (Å²) in [4.78, 5) is 26.6. The van der Waals surface area contributed by atoms with Crippen LogP contribution in [-0.4, -0.2) is 35.2 Å². The van der Waals surface area contributed by atoms with Crippen LogP contribution in [0.3, 0.4) is 0 Å². The summed E-state index contributed by atoms with van der Waals surface area (Å²) >= 11 is 0. The highest BCUT2D eigenvalue weighted by Gasteiger charge is 2.56. The summed E-state index contributed by atoms with van der Waals surface area (Å²) in [5, 5.41) is 0. The number of carbonyl (C=O) groups is 2. The first kappa shape index (κ1) is 16.8. The van der Waals surface area contributed by atoms with Gasteiger partial charge in [-0.15, -0.1) is 0 Å². The minimum Gasteiger partial charge on any atom is -0.459 e. The largest absolute Gasteiger partial charge is 0.459 e.